The maximum atomic E-state index is 12.4. The molecule has 0 aromatic heterocycles. The van der Waals surface area contributed by atoms with E-state index in [9.17, 15) is 13.9 Å². The Morgan fingerprint density at radius 1 is 1.12 bits per heavy atom. The Kier molecular flexibility index (Phi) is 6.30. The molecule has 0 aromatic rings. The van der Waals surface area contributed by atoms with Crippen LogP contribution < -0.4 is 0 Å². The maximum absolute atomic E-state index is 12.4. The van der Waals surface area contributed by atoms with Crippen molar-refractivity contribution in [3.8, 4) is 0 Å². The summed E-state index contributed by atoms with van der Waals surface area (Å²) >= 11 is 0. The predicted octanol–water partition coefficient (Wildman–Crippen LogP) is 1.49. The Labute approximate surface area is 101 Å². The van der Waals surface area contributed by atoms with Crippen molar-refractivity contribution in [2.75, 3.05) is 32.8 Å². The number of hydrogen-bond donors (Lipinski definition) is 2. The molecule has 3 nitrogen and oxygen atoms in total. The molecule has 0 spiro atoms. The van der Waals surface area contributed by atoms with Gasteiger partial charge in [-0.2, -0.15) is 0 Å². The van der Waals surface area contributed by atoms with Crippen LogP contribution in [0.2, 0.25) is 0 Å². The first kappa shape index (κ1) is 14.8. The number of halogens is 2. The second-order valence-corrected chi connectivity index (χ2v) is 5.07. The molecule has 1 saturated carbocycles. The molecule has 0 aromatic carbocycles. The lowest BCUT2D eigenvalue weighted by molar-refractivity contribution is 0.00938. The molecule has 102 valence electrons. The minimum Gasteiger partial charge on any atom is -0.396 e. The van der Waals surface area contributed by atoms with E-state index < -0.39 is 6.43 Å². The van der Waals surface area contributed by atoms with Gasteiger partial charge in [-0.25, -0.2) is 8.78 Å². The molecule has 0 aliphatic heterocycles. The van der Waals surface area contributed by atoms with Crippen LogP contribution in [0.3, 0.4) is 0 Å². The van der Waals surface area contributed by atoms with Crippen LogP contribution in [0.15, 0.2) is 0 Å². The molecule has 0 heterocycles. The summed E-state index contributed by atoms with van der Waals surface area (Å²) in [4.78, 5) is 1.58. The highest BCUT2D eigenvalue weighted by Crippen LogP contribution is 2.36. The van der Waals surface area contributed by atoms with Gasteiger partial charge in [0.15, 0.2) is 0 Å². The lowest BCUT2D eigenvalue weighted by Gasteiger charge is -2.39. The number of nitrogens with zero attached hydrogens (tertiary/aromatic N) is 1. The third kappa shape index (κ3) is 4.85. The first-order valence-corrected chi connectivity index (χ1v) is 6.34. The van der Waals surface area contributed by atoms with Crippen LogP contribution in [-0.2, 0) is 0 Å². The zero-order valence-electron chi connectivity index (χ0n) is 10.2. The molecule has 2 N–H and O–H groups in total. The molecule has 1 aliphatic carbocycles. The monoisotopic (exact) mass is 251 g/mol. The van der Waals surface area contributed by atoms with E-state index in [-0.39, 0.29) is 31.7 Å². The summed E-state index contributed by atoms with van der Waals surface area (Å²) in [6, 6.07) is 0. The van der Waals surface area contributed by atoms with Gasteiger partial charge >= 0.3 is 0 Å². The van der Waals surface area contributed by atoms with Crippen molar-refractivity contribution in [2.45, 2.75) is 38.5 Å². The Morgan fingerprint density at radius 3 is 2.24 bits per heavy atom. The molecule has 0 bridgehead atoms. The van der Waals surface area contributed by atoms with Crippen LogP contribution in [0.5, 0.6) is 0 Å². The minimum atomic E-state index is -2.39. The van der Waals surface area contributed by atoms with Gasteiger partial charge < -0.3 is 10.2 Å². The Balaban J connectivity index is 2.55. The van der Waals surface area contributed by atoms with Crippen molar-refractivity contribution >= 4 is 0 Å². The van der Waals surface area contributed by atoms with Crippen molar-refractivity contribution < 1.29 is 19.0 Å². The van der Waals surface area contributed by atoms with Crippen LogP contribution >= 0.6 is 0 Å². The number of aliphatic hydroxyl groups is 2. The molecule has 0 saturated heterocycles. The van der Waals surface area contributed by atoms with Gasteiger partial charge in [-0.05, 0) is 12.8 Å². The van der Waals surface area contributed by atoms with Gasteiger partial charge in [-0.3, -0.25) is 4.90 Å². The van der Waals surface area contributed by atoms with Gasteiger partial charge in [0.25, 0.3) is 6.43 Å². The molecule has 0 radical (unpaired) electrons. The highest BCUT2D eigenvalue weighted by molar-refractivity contribution is 4.85. The molecule has 17 heavy (non-hydrogen) atoms. The Hall–Kier alpha value is -0.260. The lowest BCUT2D eigenvalue weighted by atomic mass is 9.74. The molecule has 0 atom stereocenters. The Morgan fingerprint density at radius 2 is 1.76 bits per heavy atom. The summed E-state index contributed by atoms with van der Waals surface area (Å²) in [6.07, 6.45) is 2.69. The van der Waals surface area contributed by atoms with Gasteiger partial charge in [0.1, 0.15) is 0 Å². The van der Waals surface area contributed by atoms with Crippen LogP contribution in [-0.4, -0.2) is 54.4 Å². The van der Waals surface area contributed by atoms with Gasteiger partial charge in [0.2, 0.25) is 0 Å². The molecule has 1 rings (SSSR count). The quantitative estimate of drug-likeness (QED) is 0.720. The van der Waals surface area contributed by atoms with Gasteiger partial charge in [-0.15, -0.1) is 0 Å². The van der Waals surface area contributed by atoms with E-state index in [0.717, 1.165) is 32.1 Å². The molecule has 5 heteroatoms. The normalized spacial score (nSPS) is 20.1. The van der Waals surface area contributed by atoms with Gasteiger partial charge in [-0.1, -0.05) is 19.3 Å². The lowest BCUT2D eigenvalue weighted by Crippen LogP contribution is -2.44. The molecule has 0 amide bonds. The predicted molar refractivity (Wildman–Crippen MR) is 62.1 cm³/mol. The smallest absolute Gasteiger partial charge is 0.251 e. The third-order valence-electron chi connectivity index (χ3n) is 3.62. The molecular formula is C12H23F2NO2. The van der Waals surface area contributed by atoms with Crippen molar-refractivity contribution in [1.82, 2.24) is 4.90 Å². The fourth-order valence-corrected chi connectivity index (χ4v) is 2.71. The van der Waals surface area contributed by atoms with E-state index in [2.05, 4.69) is 0 Å². The molecule has 1 fully saturated rings. The molecule has 0 unspecified atom stereocenters. The first-order chi connectivity index (χ1) is 8.12. The van der Waals surface area contributed by atoms with E-state index >= 15 is 0 Å². The van der Waals surface area contributed by atoms with E-state index in [1.54, 1.807) is 4.90 Å². The Bertz CT molecular complexity index is 209. The number of rotatable bonds is 7. The minimum absolute atomic E-state index is 0.0537. The topological polar surface area (TPSA) is 43.7 Å². The highest BCUT2D eigenvalue weighted by atomic mass is 19.3. The fourth-order valence-electron chi connectivity index (χ4n) is 2.71. The zero-order valence-corrected chi connectivity index (χ0v) is 10.2. The average molecular weight is 251 g/mol. The SMILES string of the molecule is OCCN(CC(F)F)CC1(CO)CCCCC1. The van der Waals surface area contributed by atoms with Crippen molar-refractivity contribution in [1.29, 1.82) is 0 Å². The summed E-state index contributed by atoms with van der Waals surface area (Å²) in [6.45, 7) is 0.342. The average Bonchev–Trinajstić information content (AvgIpc) is 2.29. The zero-order chi connectivity index (χ0) is 12.7. The summed E-state index contributed by atoms with van der Waals surface area (Å²) in [5.74, 6) is 0. The van der Waals surface area contributed by atoms with Crippen LogP contribution in [0.4, 0.5) is 8.78 Å². The van der Waals surface area contributed by atoms with Gasteiger partial charge in [0, 0.05) is 25.1 Å². The standard InChI is InChI=1S/C12H23F2NO2/c13-11(14)8-15(6-7-16)9-12(10-17)4-2-1-3-5-12/h11,16-17H,1-10H2. The third-order valence-corrected chi connectivity index (χ3v) is 3.62. The highest BCUT2D eigenvalue weighted by Gasteiger charge is 2.33. The van der Waals surface area contributed by atoms with Gasteiger partial charge in [0.05, 0.1) is 13.2 Å². The number of hydrogen-bond acceptors (Lipinski definition) is 3. The van der Waals surface area contributed by atoms with E-state index in [1.807, 2.05) is 0 Å². The largest absolute Gasteiger partial charge is 0.396 e. The van der Waals surface area contributed by atoms with Crippen molar-refractivity contribution in [2.24, 2.45) is 5.41 Å². The second kappa shape index (κ2) is 7.24. The first-order valence-electron chi connectivity index (χ1n) is 6.34. The van der Waals surface area contributed by atoms with Crippen LogP contribution in [0.25, 0.3) is 0 Å². The van der Waals surface area contributed by atoms with Crippen LogP contribution in [0.1, 0.15) is 32.1 Å². The van der Waals surface area contributed by atoms with Crippen molar-refractivity contribution in [3.05, 3.63) is 0 Å². The fraction of sp³-hybridized carbons (Fsp3) is 1.00. The van der Waals surface area contributed by atoms with E-state index in [0.29, 0.717) is 6.54 Å². The second-order valence-electron chi connectivity index (χ2n) is 5.07. The van der Waals surface area contributed by atoms with Crippen molar-refractivity contribution in [3.63, 3.8) is 0 Å². The van der Waals surface area contributed by atoms with E-state index in [4.69, 9.17) is 5.11 Å². The summed E-state index contributed by atoms with van der Waals surface area (Å²) < 4.78 is 24.8. The molecular weight excluding hydrogens is 228 g/mol. The number of alkyl halides is 2. The maximum Gasteiger partial charge on any atom is 0.251 e. The number of aliphatic hydroxyl groups excluding tert-OH is 2. The summed E-state index contributed by atoms with van der Waals surface area (Å²) in [5.41, 5.74) is -0.234. The summed E-state index contributed by atoms with van der Waals surface area (Å²) in [7, 11) is 0. The summed E-state index contributed by atoms with van der Waals surface area (Å²) in [5, 5.41) is 18.4. The molecule has 1 aliphatic rings. The van der Waals surface area contributed by atoms with E-state index in [1.165, 1.54) is 0 Å². The van der Waals surface area contributed by atoms with Crippen LogP contribution in [0, 0.1) is 5.41 Å².